The third-order valence-electron chi connectivity index (χ3n) is 12.9. The van der Waals surface area contributed by atoms with Gasteiger partial charge in [-0.2, -0.15) is 0 Å². The highest BCUT2D eigenvalue weighted by atomic mass is 16.6. The van der Waals surface area contributed by atoms with E-state index in [0.717, 1.165) is 33.2 Å². The van der Waals surface area contributed by atoms with Crippen molar-refractivity contribution < 1.29 is 9.47 Å². The Hall–Kier alpha value is -8.41. The van der Waals surface area contributed by atoms with Crippen LogP contribution in [0.1, 0.15) is 22.3 Å². The van der Waals surface area contributed by atoms with E-state index < -0.39 is 5.41 Å². The van der Waals surface area contributed by atoms with Gasteiger partial charge >= 0.3 is 0 Å². The third kappa shape index (κ3) is 5.27. The fourth-order valence-electron chi connectivity index (χ4n) is 10.1. The smallest absolute Gasteiger partial charge is 0.181 e. The fourth-order valence-corrected chi connectivity index (χ4v) is 10.1. The molecule has 2 aliphatic rings. The van der Waals surface area contributed by atoms with Crippen molar-refractivity contribution in [3.05, 3.63) is 235 Å². The van der Waals surface area contributed by atoms with Crippen LogP contribution in [0, 0.1) is 0 Å². The maximum atomic E-state index is 7.24. The fraction of sp³-hybridized carbons (Fsp3) is 0.0172. The van der Waals surface area contributed by atoms with Gasteiger partial charge in [-0.3, -0.25) is 0 Å². The van der Waals surface area contributed by atoms with Gasteiger partial charge in [0.2, 0.25) is 0 Å². The Morgan fingerprint density at radius 1 is 0.317 bits per heavy atom. The molecule has 0 saturated carbocycles. The molecule has 63 heavy (non-hydrogen) atoms. The molecule has 0 atom stereocenters. The van der Waals surface area contributed by atoms with Crippen LogP contribution in [0.5, 0.6) is 23.0 Å². The minimum absolute atomic E-state index is 0.488. The molecule has 0 bridgehead atoms. The van der Waals surface area contributed by atoms with Crippen molar-refractivity contribution in [3.63, 3.8) is 0 Å². The van der Waals surface area contributed by atoms with E-state index in [0.29, 0.717) is 46.0 Å². The molecule has 5 nitrogen and oxygen atoms in total. The second kappa shape index (κ2) is 13.8. The Balaban J connectivity index is 1.01. The van der Waals surface area contributed by atoms with Crippen LogP contribution in [0.4, 0.5) is 0 Å². The summed E-state index contributed by atoms with van der Waals surface area (Å²) in [6.45, 7) is 0. The zero-order valence-corrected chi connectivity index (χ0v) is 33.9. The molecule has 0 unspecified atom stereocenters. The molecule has 0 radical (unpaired) electrons. The maximum Gasteiger partial charge on any atom is 0.181 e. The van der Waals surface area contributed by atoms with Crippen molar-refractivity contribution in [1.29, 1.82) is 0 Å². The summed E-state index contributed by atoms with van der Waals surface area (Å²) in [7, 11) is 0. The standard InChI is InChI=1S/C58H35N3O2/c1-4-17-36(18-5-1)55-59-56(37-31-32-44-42-25-11-10-23-40(42)41-24-12-13-26-43(41)47(44)35-37)61-57(60-55)46-28-16-30-50-53(46)63-54-51(62-50)34-33-49-52(54)45-27-14-15-29-48(45)58(49,38-19-6-2-7-20-38)39-21-8-3-9-22-39/h1-35H. The summed E-state index contributed by atoms with van der Waals surface area (Å²) >= 11 is 0. The third-order valence-corrected chi connectivity index (χ3v) is 12.9. The lowest BCUT2D eigenvalue weighted by Crippen LogP contribution is -2.28. The largest absolute Gasteiger partial charge is 0.449 e. The molecule has 0 amide bonds. The van der Waals surface area contributed by atoms with Gasteiger partial charge in [-0.1, -0.05) is 188 Å². The second-order valence-electron chi connectivity index (χ2n) is 16.2. The second-order valence-corrected chi connectivity index (χ2v) is 16.2. The van der Waals surface area contributed by atoms with E-state index in [-0.39, 0.29) is 0 Å². The first-order valence-electron chi connectivity index (χ1n) is 21.3. The van der Waals surface area contributed by atoms with E-state index in [9.17, 15) is 0 Å². The van der Waals surface area contributed by atoms with Gasteiger partial charge in [0.15, 0.2) is 40.5 Å². The van der Waals surface area contributed by atoms with Crippen LogP contribution in [0.25, 0.3) is 77.6 Å². The van der Waals surface area contributed by atoms with Gasteiger partial charge in [-0.05, 0) is 84.4 Å². The Morgan fingerprint density at radius 2 is 0.841 bits per heavy atom. The molecular weight excluding hydrogens is 771 g/mol. The number of nitrogens with zero attached hydrogens (tertiary/aromatic N) is 3. The van der Waals surface area contributed by atoms with Crippen molar-refractivity contribution in [1.82, 2.24) is 15.0 Å². The number of benzene rings is 10. The van der Waals surface area contributed by atoms with Crippen molar-refractivity contribution in [2.24, 2.45) is 0 Å². The van der Waals surface area contributed by atoms with E-state index in [4.69, 9.17) is 24.4 Å². The first-order valence-corrected chi connectivity index (χ1v) is 21.3. The lowest BCUT2D eigenvalue weighted by Gasteiger charge is -2.34. The molecule has 11 aromatic rings. The molecule has 10 aromatic carbocycles. The van der Waals surface area contributed by atoms with Crippen LogP contribution < -0.4 is 9.47 Å². The molecule has 13 rings (SSSR count). The predicted octanol–water partition coefficient (Wildman–Crippen LogP) is 14.6. The molecule has 0 saturated heterocycles. The molecule has 1 aromatic heterocycles. The number of hydrogen-bond acceptors (Lipinski definition) is 5. The Morgan fingerprint density at radius 3 is 1.52 bits per heavy atom. The van der Waals surface area contributed by atoms with Gasteiger partial charge < -0.3 is 9.47 Å². The first-order chi connectivity index (χ1) is 31.2. The van der Waals surface area contributed by atoms with Crippen molar-refractivity contribution >= 4 is 32.3 Å². The number of hydrogen-bond donors (Lipinski definition) is 0. The van der Waals surface area contributed by atoms with Gasteiger partial charge in [0.25, 0.3) is 0 Å². The summed E-state index contributed by atoms with van der Waals surface area (Å²) in [5.74, 6) is 4.09. The molecule has 2 heterocycles. The van der Waals surface area contributed by atoms with Gasteiger partial charge in [0, 0.05) is 16.7 Å². The summed E-state index contributed by atoms with van der Waals surface area (Å²) in [6.07, 6.45) is 0. The molecule has 5 heteroatoms. The molecule has 294 valence electrons. The minimum atomic E-state index is -0.586. The number of fused-ring (bicyclic) bond motifs is 12. The van der Waals surface area contributed by atoms with E-state index in [1.165, 1.54) is 43.6 Å². The van der Waals surface area contributed by atoms with Gasteiger partial charge in [-0.15, -0.1) is 0 Å². The first kappa shape index (κ1) is 35.4. The van der Waals surface area contributed by atoms with E-state index in [2.05, 4.69) is 164 Å². The monoisotopic (exact) mass is 805 g/mol. The number of ether oxygens (including phenoxy) is 2. The minimum Gasteiger partial charge on any atom is -0.449 e. The van der Waals surface area contributed by atoms with Gasteiger partial charge in [0.05, 0.1) is 11.0 Å². The number of rotatable bonds is 5. The average molecular weight is 806 g/mol. The maximum absolute atomic E-state index is 7.24. The Kier molecular flexibility index (Phi) is 7.75. The van der Waals surface area contributed by atoms with E-state index in [1.54, 1.807) is 0 Å². The molecule has 0 N–H and O–H groups in total. The number of aromatic nitrogens is 3. The van der Waals surface area contributed by atoms with Gasteiger partial charge in [-0.25, -0.2) is 15.0 Å². The summed E-state index contributed by atoms with van der Waals surface area (Å²) in [5, 5.41) is 7.18. The summed E-state index contributed by atoms with van der Waals surface area (Å²) in [6, 6.07) is 74.3. The van der Waals surface area contributed by atoms with Crippen molar-refractivity contribution in [3.8, 4) is 68.3 Å². The molecular formula is C58H35N3O2. The van der Waals surface area contributed by atoms with Crippen LogP contribution in [0.2, 0.25) is 0 Å². The normalized spacial score (nSPS) is 13.1. The van der Waals surface area contributed by atoms with Crippen LogP contribution >= 0.6 is 0 Å². The highest BCUT2D eigenvalue weighted by Crippen LogP contribution is 2.62. The molecule has 1 aliphatic heterocycles. The topological polar surface area (TPSA) is 57.1 Å². The van der Waals surface area contributed by atoms with Gasteiger partial charge in [0.1, 0.15) is 0 Å². The Bertz CT molecular complexity index is 3550. The lowest BCUT2D eigenvalue weighted by atomic mass is 9.68. The van der Waals surface area contributed by atoms with E-state index in [1.807, 2.05) is 48.5 Å². The van der Waals surface area contributed by atoms with Crippen molar-refractivity contribution in [2.75, 3.05) is 0 Å². The van der Waals surface area contributed by atoms with Crippen LogP contribution in [0.3, 0.4) is 0 Å². The summed E-state index contributed by atoms with van der Waals surface area (Å²) in [4.78, 5) is 15.6. The average Bonchev–Trinajstić information content (AvgIpc) is 3.67. The predicted molar refractivity (Wildman–Crippen MR) is 253 cm³/mol. The summed E-state index contributed by atoms with van der Waals surface area (Å²) in [5.41, 5.74) is 8.70. The molecule has 1 aliphatic carbocycles. The summed E-state index contributed by atoms with van der Waals surface area (Å²) < 4.78 is 14.1. The van der Waals surface area contributed by atoms with E-state index >= 15 is 0 Å². The Labute approximate surface area is 363 Å². The lowest BCUT2D eigenvalue weighted by molar-refractivity contribution is 0.361. The van der Waals surface area contributed by atoms with Crippen LogP contribution in [0.15, 0.2) is 212 Å². The molecule has 0 fully saturated rings. The highest BCUT2D eigenvalue weighted by Gasteiger charge is 2.48. The zero-order chi connectivity index (χ0) is 41.5. The number of para-hydroxylation sites is 1. The quantitative estimate of drug-likeness (QED) is 0.162. The van der Waals surface area contributed by atoms with Crippen LogP contribution in [-0.4, -0.2) is 15.0 Å². The molecule has 0 spiro atoms. The SMILES string of the molecule is c1ccc(-c2nc(-c3ccc4c5ccccc5c5ccccc5c4c3)nc(-c3cccc4c3Oc3c(ccc5c3-c3ccccc3C5(c3ccccc3)c3ccccc3)O4)n2)cc1. The highest BCUT2D eigenvalue weighted by molar-refractivity contribution is 6.25. The van der Waals surface area contributed by atoms with Crippen LogP contribution in [-0.2, 0) is 5.41 Å². The van der Waals surface area contributed by atoms with Crippen molar-refractivity contribution in [2.45, 2.75) is 5.41 Å². The zero-order valence-electron chi connectivity index (χ0n) is 33.9.